The number of carbonyl (C=O) groups excluding carboxylic acids is 2. The van der Waals surface area contributed by atoms with E-state index in [1.54, 1.807) is 24.3 Å². The number of hydrogen-bond donors (Lipinski definition) is 1. The van der Waals surface area contributed by atoms with Gasteiger partial charge in [-0.25, -0.2) is 0 Å². The van der Waals surface area contributed by atoms with Crippen LogP contribution in [-0.4, -0.2) is 50.1 Å². The first-order valence-corrected chi connectivity index (χ1v) is 10.5. The third-order valence-corrected chi connectivity index (χ3v) is 5.09. The molecule has 0 aliphatic carbocycles. The van der Waals surface area contributed by atoms with Crippen LogP contribution in [0.2, 0.25) is 5.02 Å². The Hall–Kier alpha value is -2.93. The number of ether oxygens (including phenoxy) is 3. The van der Waals surface area contributed by atoms with Crippen molar-refractivity contribution in [1.82, 2.24) is 10.2 Å². The molecule has 0 spiro atoms. The molecule has 0 radical (unpaired) electrons. The van der Waals surface area contributed by atoms with Gasteiger partial charge in [-0.2, -0.15) is 0 Å². The van der Waals surface area contributed by atoms with Crippen LogP contribution < -0.4 is 19.5 Å². The molecule has 2 rings (SSSR count). The average molecular weight is 449 g/mol. The highest BCUT2D eigenvalue weighted by Gasteiger charge is 2.29. The Morgan fingerprint density at radius 1 is 1.03 bits per heavy atom. The van der Waals surface area contributed by atoms with E-state index in [1.807, 2.05) is 32.0 Å². The first-order chi connectivity index (χ1) is 14.9. The van der Waals surface area contributed by atoms with Crippen LogP contribution in [0.3, 0.4) is 0 Å². The molecule has 0 saturated heterocycles. The van der Waals surface area contributed by atoms with Gasteiger partial charge in [0.1, 0.15) is 23.3 Å². The monoisotopic (exact) mass is 448 g/mol. The maximum absolute atomic E-state index is 13.2. The van der Waals surface area contributed by atoms with Crippen LogP contribution >= 0.6 is 11.6 Å². The van der Waals surface area contributed by atoms with Gasteiger partial charge in [-0.1, -0.05) is 36.7 Å². The van der Waals surface area contributed by atoms with Gasteiger partial charge in [-0.15, -0.1) is 0 Å². The summed E-state index contributed by atoms with van der Waals surface area (Å²) in [5, 5.41) is 3.33. The van der Waals surface area contributed by atoms with Crippen molar-refractivity contribution in [2.75, 3.05) is 27.4 Å². The van der Waals surface area contributed by atoms with E-state index < -0.39 is 6.04 Å². The molecule has 31 heavy (non-hydrogen) atoms. The minimum Gasteiger partial charge on any atom is -0.496 e. The summed E-state index contributed by atoms with van der Waals surface area (Å²) in [4.78, 5) is 27.3. The van der Waals surface area contributed by atoms with Crippen molar-refractivity contribution >= 4 is 23.4 Å². The van der Waals surface area contributed by atoms with E-state index in [4.69, 9.17) is 25.8 Å². The summed E-state index contributed by atoms with van der Waals surface area (Å²) < 4.78 is 16.2. The zero-order valence-corrected chi connectivity index (χ0v) is 19.1. The van der Waals surface area contributed by atoms with Crippen molar-refractivity contribution in [2.45, 2.75) is 32.9 Å². The molecule has 2 aromatic rings. The fraction of sp³-hybridized carbons (Fsp3) is 0.391. The standard InChI is InChI=1S/C23H29ClN2O5/c1-5-21(23(28)25-6-2)26(14-16-9-7-8-10-20(16)24)22(27)15-31-19-12-17(29-3)11-18(13-19)30-4/h7-13,21H,5-6,14-15H2,1-4H3,(H,25,28)/t21-/m0/s1. The number of nitrogens with one attached hydrogen (secondary N) is 1. The Morgan fingerprint density at radius 2 is 1.65 bits per heavy atom. The Balaban J connectivity index is 2.25. The molecule has 0 fully saturated rings. The number of likely N-dealkylation sites (N-methyl/N-ethyl adjacent to an activating group) is 1. The number of methoxy groups -OCH3 is 2. The molecule has 1 N–H and O–H groups in total. The van der Waals surface area contributed by atoms with Crippen molar-refractivity contribution in [2.24, 2.45) is 0 Å². The lowest BCUT2D eigenvalue weighted by Gasteiger charge is -2.30. The average Bonchev–Trinajstić information content (AvgIpc) is 2.78. The van der Waals surface area contributed by atoms with Crippen molar-refractivity contribution in [1.29, 1.82) is 0 Å². The maximum Gasteiger partial charge on any atom is 0.261 e. The molecule has 1 atom stereocenters. The highest BCUT2D eigenvalue weighted by atomic mass is 35.5. The maximum atomic E-state index is 13.2. The van der Waals surface area contributed by atoms with Crippen LogP contribution in [-0.2, 0) is 16.1 Å². The van der Waals surface area contributed by atoms with Crippen molar-refractivity contribution in [3.63, 3.8) is 0 Å². The van der Waals surface area contributed by atoms with Gasteiger partial charge in [-0.3, -0.25) is 9.59 Å². The smallest absolute Gasteiger partial charge is 0.261 e. The van der Waals surface area contributed by atoms with Crippen LogP contribution in [0.1, 0.15) is 25.8 Å². The quantitative estimate of drug-likeness (QED) is 0.567. The molecule has 0 saturated carbocycles. The van der Waals surface area contributed by atoms with E-state index in [9.17, 15) is 9.59 Å². The number of nitrogens with zero attached hydrogens (tertiary/aromatic N) is 1. The van der Waals surface area contributed by atoms with E-state index in [-0.39, 0.29) is 25.0 Å². The molecular weight excluding hydrogens is 420 g/mol. The van der Waals surface area contributed by atoms with Gasteiger partial charge in [0, 0.05) is 36.3 Å². The zero-order chi connectivity index (χ0) is 22.8. The van der Waals surface area contributed by atoms with Crippen LogP contribution in [0.5, 0.6) is 17.2 Å². The number of halogens is 1. The number of rotatable bonds is 11. The van der Waals surface area contributed by atoms with Gasteiger partial charge in [0.2, 0.25) is 5.91 Å². The van der Waals surface area contributed by atoms with Crippen LogP contribution in [0.25, 0.3) is 0 Å². The molecule has 168 valence electrons. The molecule has 8 heteroatoms. The number of carbonyl (C=O) groups is 2. The molecule has 0 aliphatic rings. The Bertz CT molecular complexity index is 868. The summed E-state index contributed by atoms with van der Waals surface area (Å²) >= 11 is 6.30. The van der Waals surface area contributed by atoms with Gasteiger partial charge in [0.15, 0.2) is 6.61 Å². The van der Waals surface area contributed by atoms with E-state index in [1.165, 1.54) is 19.1 Å². The first-order valence-electron chi connectivity index (χ1n) is 10.1. The minimum atomic E-state index is -0.646. The Labute approximate surface area is 188 Å². The van der Waals surface area contributed by atoms with E-state index >= 15 is 0 Å². The number of hydrogen-bond acceptors (Lipinski definition) is 5. The molecule has 7 nitrogen and oxygen atoms in total. The predicted molar refractivity (Wildman–Crippen MR) is 120 cm³/mol. The largest absolute Gasteiger partial charge is 0.496 e. The highest BCUT2D eigenvalue weighted by molar-refractivity contribution is 6.31. The zero-order valence-electron chi connectivity index (χ0n) is 18.3. The second kappa shape index (κ2) is 12.1. The molecule has 0 bridgehead atoms. The van der Waals surface area contributed by atoms with Crippen molar-refractivity contribution in [3.05, 3.63) is 53.1 Å². The van der Waals surface area contributed by atoms with Crippen LogP contribution in [0, 0.1) is 0 Å². The topological polar surface area (TPSA) is 77.1 Å². The normalized spacial score (nSPS) is 11.4. The van der Waals surface area contributed by atoms with Crippen LogP contribution in [0.4, 0.5) is 0 Å². The molecule has 2 amide bonds. The summed E-state index contributed by atoms with van der Waals surface area (Å²) in [6.07, 6.45) is 0.453. The summed E-state index contributed by atoms with van der Waals surface area (Å²) in [5.41, 5.74) is 0.753. The first kappa shape index (κ1) is 24.3. The van der Waals surface area contributed by atoms with E-state index in [2.05, 4.69) is 5.32 Å². The van der Waals surface area contributed by atoms with Gasteiger partial charge in [0.25, 0.3) is 5.91 Å². The third kappa shape index (κ3) is 6.79. The molecular formula is C23H29ClN2O5. The third-order valence-electron chi connectivity index (χ3n) is 4.72. The van der Waals surface area contributed by atoms with Gasteiger partial charge >= 0.3 is 0 Å². The lowest BCUT2D eigenvalue weighted by atomic mass is 10.1. The lowest BCUT2D eigenvalue weighted by Crippen LogP contribution is -2.50. The Morgan fingerprint density at radius 3 is 2.19 bits per heavy atom. The van der Waals surface area contributed by atoms with Crippen LogP contribution in [0.15, 0.2) is 42.5 Å². The highest BCUT2D eigenvalue weighted by Crippen LogP contribution is 2.27. The summed E-state index contributed by atoms with van der Waals surface area (Å²) in [7, 11) is 3.07. The van der Waals surface area contributed by atoms with Gasteiger partial charge < -0.3 is 24.4 Å². The van der Waals surface area contributed by atoms with Gasteiger partial charge in [0.05, 0.1) is 14.2 Å². The predicted octanol–water partition coefficient (Wildman–Crippen LogP) is 3.68. The van der Waals surface area contributed by atoms with E-state index in [0.717, 1.165) is 5.56 Å². The molecule has 0 aromatic heterocycles. The minimum absolute atomic E-state index is 0.193. The summed E-state index contributed by atoms with van der Waals surface area (Å²) in [5.74, 6) is 0.966. The fourth-order valence-electron chi connectivity index (χ4n) is 3.11. The Kier molecular flexibility index (Phi) is 9.46. The lowest BCUT2D eigenvalue weighted by molar-refractivity contribution is -0.142. The number of amides is 2. The summed E-state index contributed by atoms with van der Waals surface area (Å²) in [6, 6.07) is 11.6. The van der Waals surface area contributed by atoms with Gasteiger partial charge in [-0.05, 0) is 25.0 Å². The molecule has 0 aliphatic heterocycles. The summed E-state index contributed by atoms with van der Waals surface area (Å²) in [6.45, 7) is 4.11. The fourth-order valence-corrected chi connectivity index (χ4v) is 3.31. The second-order valence-electron chi connectivity index (χ2n) is 6.77. The SMILES string of the molecule is CCNC(=O)[C@H](CC)N(Cc1ccccc1Cl)C(=O)COc1cc(OC)cc(OC)c1. The van der Waals surface area contributed by atoms with Crippen molar-refractivity contribution in [3.8, 4) is 17.2 Å². The second-order valence-corrected chi connectivity index (χ2v) is 7.18. The van der Waals surface area contributed by atoms with Crippen molar-refractivity contribution < 1.29 is 23.8 Å². The molecule has 0 heterocycles. The molecule has 2 aromatic carbocycles. The number of benzene rings is 2. The van der Waals surface area contributed by atoms with E-state index in [0.29, 0.717) is 35.2 Å². The molecule has 0 unspecified atom stereocenters.